The first-order valence-electron chi connectivity index (χ1n) is 9.17. The fraction of sp³-hybridized carbons (Fsp3) is 1.00. The molecular weight excluding hydrogens is 795 g/mol. The van der Waals surface area contributed by atoms with Crippen LogP contribution in [-0.4, -0.2) is 88.9 Å². The number of halogens is 26. The molecule has 0 radical (unpaired) electrons. The van der Waals surface area contributed by atoms with Gasteiger partial charge >= 0.3 is 78.7 Å². The maximum absolute atomic E-state index is 14.6. The van der Waals surface area contributed by atoms with Crippen molar-refractivity contribution in [2.75, 3.05) is 0 Å². The monoisotopic (exact) mass is 797 g/mol. The Labute approximate surface area is 231 Å². The molecule has 0 fully saturated rings. The number of nitrogens with zero attached hydrogens (tertiary/aromatic N) is 1. The van der Waals surface area contributed by atoms with E-state index in [4.69, 9.17) is 4.89 Å². The standard InChI is InChI=1S/C12H2F26NO5PS/c13-1(14,3(17,18)5(21,22)7(25,26)27)2(15,16)4(19,20)6(23,24)11(35,36)46(42,43)12(37,44-45(40)41)10(33,34)39(38)9(31,32)8(28,29)30/h45H,(H,40,41). The minimum absolute atomic E-state index is 1.76. The van der Waals surface area contributed by atoms with Crippen molar-refractivity contribution in [1.82, 2.24) is 5.12 Å². The van der Waals surface area contributed by atoms with Crippen molar-refractivity contribution in [1.29, 1.82) is 0 Å². The summed E-state index contributed by atoms with van der Waals surface area (Å²) in [4.78, 5) is 8.14. The smallest absolute Gasteiger partial charge is 0.326 e. The Morgan fingerprint density at radius 2 is 0.761 bits per heavy atom. The molecule has 0 heterocycles. The minimum atomic E-state index is -10.4. The van der Waals surface area contributed by atoms with E-state index in [9.17, 15) is 127 Å². The molecule has 0 amide bonds. The maximum Gasteiger partial charge on any atom is 0.472 e. The highest BCUT2D eigenvalue weighted by Gasteiger charge is 2.98. The Morgan fingerprint density at radius 1 is 0.478 bits per heavy atom. The van der Waals surface area contributed by atoms with E-state index in [-0.39, 0.29) is 0 Å². The van der Waals surface area contributed by atoms with Crippen molar-refractivity contribution in [2.24, 2.45) is 0 Å². The third-order valence-corrected chi connectivity index (χ3v) is 7.34. The molecule has 0 rings (SSSR count). The molecule has 46 heavy (non-hydrogen) atoms. The van der Waals surface area contributed by atoms with Crippen LogP contribution in [0.3, 0.4) is 0 Å². The van der Waals surface area contributed by atoms with Gasteiger partial charge in [0.25, 0.3) is 9.84 Å². The van der Waals surface area contributed by atoms with Gasteiger partial charge in [0.05, 0.1) is 0 Å². The van der Waals surface area contributed by atoms with E-state index in [1.165, 1.54) is 0 Å². The molecule has 1 N–H and O–H groups in total. The highest BCUT2D eigenvalue weighted by molar-refractivity contribution is 7.93. The predicted octanol–water partition coefficient (Wildman–Crippen LogP) is 7.32. The first-order valence-corrected chi connectivity index (χ1v) is 11.9. The molecule has 6 nitrogen and oxygen atoms in total. The van der Waals surface area contributed by atoms with Gasteiger partial charge in [-0.3, -0.25) is 9.09 Å². The predicted molar refractivity (Wildman–Crippen MR) is 84.6 cm³/mol. The summed E-state index contributed by atoms with van der Waals surface area (Å²) in [6.45, 7) is 0. The second kappa shape index (κ2) is 11.1. The quantitative estimate of drug-likeness (QED) is 0.0911. The fourth-order valence-corrected chi connectivity index (χ4v) is 4.48. The van der Waals surface area contributed by atoms with Gasteiger partial charge in [-0.25, -0.2) is 8.42 Å². The van der Waals surface area contributed by atoms with Crippen LogP contribution in [0.25, 0.3) is 0 Å². The van der Waals surface area contributed by atoms with Crippen molar-refractivity contribution >= 4 is 18.1 Å². The highest BCUT2D eigenvalue weighted by atomic mass is 32.2. The molecule has 0 saturated heterocycles. The lowest BCUT2D eigenvalue weighted by molar-refractivity contribution is -0.460. The van der Waals surface area contributed by atoms with E-state index in [1.807, 2.05) is 0 Å². The molecule has 0 aromatic carbocycles. The van der Waals surface area contributed by atoms with Crippen LogP contribution in [0.5, 0.6) is 0 Å². The Kier molecular flexibility index (Phi) is 10.7. The summed E-state index contributed by atoms with van der Waals surface area (Å²) < 4.78 is 379. The molecule has 2 atom stereocenters. The summed E-state index contributed by atoms with van der Waals surface area (Å²) in [7, 11) is -16.9. The Hall–Kier alpha value is -1.76. The normalized spacial score (nSPS) is 18.5. The molecule has 278 valence electrons. The van der Waals surface area contributed by atoms with Gasteiger partial charge in [0.2, 0.25) is 0 Å². The molecule has 0 aliphatic carbocycles. The average molecular weight is 797 g/mol. The van der Waals surface area contributed by atoms with Crippen LogP contribution in [0.4, 0.5) is 114 Å². The van der Waals surface area contributed by atoms with Crippen molar-refractivity contribution in [3.05, 3.63) is 0 Å². The number of alkyl halides is 25. The van der Waals surface area contributed by atoms with Crippen molar-refractivity contribution in [3.8, 4) is 0 Å². The van der Waals surface area contributed by atoms with Gasteiger partial charge in [0, 0.05) is 5.12 Å². The van der Waals surface area contributed by atoms with Crippen LogP contribution in [0.15, 0.2) is 0 Å². The summed E-state index contributed by atoms with van der Waals surface area (Å²) in [5, 5.41) is -23.1. The molecular formula is C12H2F26NO5PS. The van der Waals surface area contributed by atoms with Gasteiger partial charge in [-0.1, -0.05) is 0 Å². The first-order chi connectivity index (χ1) is 19.3. The lowest BCUT2D eigenvalue weighted by atomic mass is 9.91. The van der Waals surface area contributed by atoms with Gasteiger partial charge in [-0.05, 0) is 0 Å². The SMILES string of the molecule is O=[PH](O)OC(F)(C(F)(F)N(F)C(F)(F)C(F)(F)F)S(=O)(=O)C(F)(F)C(F)(F)C(F)(F)C(F)(F)C(F)(F)C(F)(F)C(F)(F)C(F)(F)F. The molecule has 0 saturated carbocycles. The van der Waals surface area contributed by atoms with Crippen LogP contribution < -0.4 is 0 Å². The van der Waals surface area contributed by atoms with E-state index in [0.717, 1.165) is 0 Å². The van der Waals surface area contributed by atoms with Gasteiger partial charge in [-0.15, -0.1) is 4.48 Å². The zero-order chi connectivity index (χ0) is 38.4. The van der Waals surface area contributed by atoms with Crippen molar-refractivity contribution < 1.29 is 137 Å². The van der Waals surface area contributed by atoms with Crippen LogP contribution in [0.2, 0.25) is 0 Å². The number of hydrogen-bond donors (Lipinski definition) is 1. The number of rotatable bonds is 13. The van der Waals surface area contributed by atoms with Gasteiger partial charge in [0.15, 0.2) is 0 Å². The average Bonchev–Trinajstić information content (AvgIpc) is 2.80. The van der Waals surface area contributed by atoms with Crippen LogP contribution >= 0.6 is 8.25 Å². The van der Waals surface area contributed by atoms with E-state index < -0.39 is 93.6 Å². The van der Waals surface area contributed by atoms with Gasteiger partial charge < -0.3 is 4.89 Å². The van der Waals surface area contributed by atoms with E-state index >= 15 is 0 Å². The van der Waals surface area contributed by atoms with Crippen LogP contribution in [0.1, 0.15) is 0 Å². The van der Waals surface area contributed by atoms with E-state index in [2.05, 4.69) is 0 Å². The van der Waals surface area contributed by atoms with Gasteiger partial charge in [-0.2, -0.15) is 110 Å². The zero-order valence-electron chi connectivity index (χ0n) is 19.3. The molecule has 0 bridgehead atoms. The Morgan fingerprint density at radius 3 is 1.02 bits per heavy atom. The number of sulfone groups is 1. The third kappa shape index (κ3) is 5.50. The third-order valence-electron chi connectivity index (χ3n) is 4.79. The Bertz CT molecular complexity index is 1270. The largest absolute Gasteiger partial charge is 0.472 e. The second-order valence-corrected chi connectivity index (χ2v) is 10.5. The molecule has 34 heteroatoms. The first kappa shape index (κ1) is 44.2. The summed E-state index contributed by atoms with van der Waals surface area (Å²) in [5.41, 5.74) is 0. The topological polar surface area (TPSA) is 83.9 Å². The van der Waals surface area contributed by atoms with Crippen molar-refractivity contribution in [3.63, 3.8) is 0 Å². The van der Waals surface area contributed by atoms with E-state index in [1.54, 1.807) is 4.52 Å². The summed E-state index contributed by atoms with van der Waals surface area (Å²) in [5.74, 6) is -56.6. The summed E-state index contributed by atoms with van der Waals surface area (Å²) in [6, 6.07) is -17.0. The molecule has 0 aromatic heterocycles. The summed E-state index contributed by atoms with van der Waals surface area (Å²) >= 11 is 0. The molecule has 0 aromatic rings. The van der Waals surface area contributed by atoms with Crippen LogP contribution in [-0.2, 0) is 18.9 Å². The van der Waals surface area contributed by atoms with Crippen molar-refractivity contribution in [2.45, 2.75) is 70.4 Å². The number of hydrogen-bond acceptors (Lipinski definition) is 5. The van der Waals surface area contributed by atoms with Crippen LogP contribution in [0, 0.1) is 0 Å². The maximum atomic E-state index is 14.6. The molecule has 0 aliphatic rings. The lowest BCUT2D eigenvalue weighted by Crippen LogP contribution is -2.76. The highest BCUT2D eigenvalue weighted by Crippen LogP contribution is 2.66. The lowest BCUT2D eigenvalue weighted by Gasteiger charge is -2.43. The Balaban J connectivity index is 7.82. The van der Waals surface area contributed by atoms with E-state index in [0.29, 0.717) is 0 Å². The van der Waals surface area contributed by atoms with Gasteiger partial charge in [0.1, 0.15) is 0 Å². The fourth-order valence-electron chi connectivity index (χ4n) is 2.28. The molecule has 0 aliphatic heterocycles. The molecule has 0 spiro atoms. The zero-order valence-corrected chi connectivity index (χ0v) is 21.1. The summed E-state index contributed by atoms with van der Waals surface area (Å²) in [6.07, 6.45) is -16.2. The minimum Gasteiger partial charge on any atom is -0.326 e. The molecule has 2 unspecified atom stereocenters. The second-order valence-electron chi connectivity index (χ2n) is 7.73.